The zero-order valence-corrected chi connectivity index (χ0v) is 12.2. The number of ether oxygens (including phenoxy) is 1. The fraction of sp³-hybridized carbons (Fsp3) is 0.417. The van der Waals surface area contributed by atoms with Crippen LogP contribution in [0, 0.1) is 0 Å². The fourth-order valence-corrected chi connectivity index (χ4v) is 2.32. The molecular weight excluding hydrogens is 268 g/mol. The van der Waals surface area contributed by atoms with Crippen molar-refractivity contribution >= 4 is 21.6 Å². The van der Waals surface area contributed by atoms with E-state index in [0.29, 0.717) is 17.9 Å². The summed E-state index contributed by atoms with van der Waals surface area (Å²) in [6.45, 7) is 1.71. The van der Waals surface area contributed by atoms with Crippen LogP contribution in [0.2, 0.25) is 0 Å². The lowest BCUT2D eigenvalue weighted by atomic mass is 10.3. The Labute approximate surface area is 113 Å². The number of rotatable bonds is 5. The molecule has 0 saturated heterocycles. The summed E-state index contributed by atoms with van der Waals surface area (Å²) in [5.74, 6) is 0.206. The predicted octanol–water partition coefficient (Wildman–Crippen LogP) is 1.29. The lowest BCUT2D eigenvalue weighted by Gasteiger charge is -2.14. The summed E-state index contributed by atoms with van der Waals surface area (Å²) < 4.78 is 30.2. The summed E-state index contributed by atoms with van der Waals surface area (Å²) >= 11 is 0. The molecule has 0 atom stereocenters. The maximum Gasteiger partial charge on any atom is 0.242 e. The van der Waals surface area contributed by atoms with Gasteiger partial charge in [0.15, 0.2) is 0 Å². The highest BCUT2D eigenvalue weighted by molar-refractivity contribution is 7.89. The average molecular weight is 286 g/mol. The number of hydrogen-bond donors (Lipinski definition) is 1. The van der Waals surface area contributed by atoms with Crippen LogP contribution >= 0.6 is 0 Å². The molecule has 6 nitrogen and oxygen atoms in total. The zero-order valence-electron chi connectivity index (χ0n) is 11.4. The van der Waals surface area contributed by atoms with E-state index in [1.165, 1.54) is 39.4 Å². The minimum absolute atomic E-state index is 0.102. The first-order valence-electron chi connectivity index (χ1n) is 5.73. The molecule has 1 amide bonds. The van der Waals surface area contributed by atoms with E-state index in [0.717, 1.165) is 4.31 Å². The molecular formula is C12H18N2O4S. The van der Waals surface area contributed by atoms with E-state index in [1.54, 1.807) is 6.92 Å². The van der Waals surface area contributed by atoms with Crippen molar-refractivity contribution in [1.82, 2.24) is 4.31 Å². The summed E-state index contributed by atoms with van der Waals surface area (Å²) in [5, 5.41) is 2.62. The van der Waals surface area contributed by atoms with Crippen molar-refractivity contribution in [2.45, 2.75) is 18.2 Å². The molecule has 0 aliphatic carbocycles. The summed E-state index contributed by atoms with van der Waals surface area (Å²) in [4.78, 5) is 11.5. The molecule has 1 aromatic carbocycles. The third-order valence-corrected chi connectivity index (χ3v) is 4.36. The van der Waals surface area contributed by atoms with Crippen LogP contribution in [0.4, 0.5) is 5.69 Å². The van der Waals surface area contributed by atoms with Crippen molar-refractivity contribution in [3.63, 3.8) is 0 Å². The molecule has 19 heavy (non-hydrogen) atoms. The third-order valence-electron chi connectivity index (χ3n) is 2.54. The molecule has 0 aliphatic heterocycles. The summed E-state index contributed by atoms with van der Waals surface area (Å²) in [6.07, 6.45) is 0.299. The van der Waals surface area contributed by atoms with E-state index < -0.39 is 10.0 Å². The number of hydrogen-bond acceptors (Lipinski definition) is 4. The molecule has 0 aromatic heterocycles. The molecule has 0 bridgehead atoms. The number of carbonyl (C=O) groups is 1. The van der Waals surface area contributed by atoms with Crippen LogP contribution in [-0.2, 0) is 14.8 Å². The molecule has 1 rings (SSSR count). The largest absolute Gasteiger partial charge is 0.495 e. The molecule has 1 aromatic rings. The van der Waals surface area contributed by atoms with Gasteiger partial charge in [0.25, 0.3) is 0 Å². The quantitative estimate of drug-likeness (QED) is 0.885. The van der Waals surface area contributed by atoms with Crippen LogP contribution in [0.1, 0.15) is 13.3 Å². The molecule has 0 saturated carbocycles. The molecule has 0 aliphatic rings. The SMILES string of the molecule is CCC(=O)Nc1cc(S(=O)(=O)N(C)C)ccc1OC. The Hall–Kier alpha value is -1.60. The summed E-state index contributed by atoms with van der Waals surface area (Å²) in [5.41, 5.74) is 0.345. The molecule has 0 heterocycles. The van der Waals surface area contributed by atoms with Crippen molar-refractivity contribution < 1.29 is 17.9 Å². The maximum atomic E-state index is 12.0. The number of sulfonamides is 1. The van der Waals surface area contributed by atoms with E-state index in [9.17, 15) is 13.2 Å². The van der Waals surface area contributed by atoms with Gasteiger partial charge in [-0.1, -0.05) is 6.92 Å². The summed E-state index contributed by atoms with van der Waals surface area (Å²) in [6, 6.07) is 4.35. The Balaban J connectivity index is 3.26. The van der Waals surface area contributed by atoms with Crippen molar-refractivity contribution in [2.75, 3.05) is 26.5 Å². The van der Waals surface area contributed by atoms with E-state index in [2.05, 4.69) is 5.32 Å². The van der Waals surface area contributed by atoms with Gasteiger partial charge in [0, 0.05) is 20.5 Å². The Morgan fingerprint density at radius 3 is 2.47 bits per heavy atom. The van der Waals surface area contributed by atoms with E-state index in [4.69, 9.17) is 4.74 Å². The minimum atomic E-state index is -3.54. The molecule has 0 radical (unpaired) electrons. The number of carbonyl (C=O) groups excluding carboxylic acids is 1. The zero-order chi connectivity index (χ0) is 14.6. The van der Waals surface area contributed by atoms with Crippen LogP contribution in [0.15, 0.2) is 23.1 Å². The van der Waals surface area contributed by atoms with Gasteiger partial charge >= 0.3 is 0 Å². The second-order valence-electron chi connectivity index (χ2n) is 4.05. The van der Waals surface area contributed by atoms with Crippen LogP contribution in [-0.4, -0.2) is 39.8 Å². The van der Waals surface area contributed by atoms with Gasteiger partial charge in [-0.3, -0.25) is 4.79 Å². The average Bonchev–Trinajstić information content (AvgIpc) is 2.38. The first kappa shape index (κ1) is 15.5. The van der Waals surface area contributed by atoms with Gasteiger partial charge in [0.2, 0.25) is 15.9 Å². The van der Waals surface area contributed by atoms with Crippen LogP contribution in [0.3, 0.4) is 0 Å². The van der Waals surface area contributed by atoms with Gasteiger partial charge in [-0.15, -0.1) is 0 Å². The fourth-order valence-electron chi connectivity index (χ4n) is 1.39. The van der Waals surface area contributed by atoms with Gasteiger partial charge in [0.05, 0.1) is 17.7 Å². The Kier molecular flexibility index (Phi) is 4.90. The van der Waals surface area contributed by atoms with Gasteiger partial charge in [-0.05, 0) is 18.2 Å². The Morgan fingerprint density at radius 1 is 1.37 bits per heavy atom. The number of nitrogens with zero attached hydrogens (tertiary/aromatic N) is 1. The lowest BCUT2D eigenvalue weighted by Crippen LogP contribution is -2.22. The second-order valence-corrected chi connectivity index (χ2v) is 6.20. The molecule has 1 N–H and O–H groups in total. The first-order valence-corrected chi connectivity index (χ1v) is 7.17. The Morgan fingerprint density at radius 2 is 2.00 bits per heavy atom. The van der Waals surface area contributed by atoms with E-state index >= 15 is 0 Å². The normalized spacial score (nSPS) is 11.4. The van der Waals surface area contributed by atoms with Crippen molar-refractivity contribution in [3.8, 4) is 5.75 Å². The predicted molar refractivity (Wildman–Crippen MR) is 72.8 cm³/mol. The van der Waals surface area contributed by atoms with E-state index in [-0.39, 0.29) is 10.8 Å². The number of amides is 1. The lowest BCUT2D eigenvalue weighted by molar-refractivity contribution is -0.115. The highest BCUT2D eigenvalue weighted by atomic mass is 32.2. The minimum Gasteiger partial charge on any atom is -0.495 e. The van der Waals surface area contributed by atoms with Crippen molar-refractivity contribution in [2.24, 2.45) is 0 Å². The third kappa shape index (κ3) is 3.45. The van der Waals surface area contributed by atoms with Gasteiger partial charge in [-0.2, -0.15) is 0 Å². The monoisotopic (exact) mass is 286 g/mol. The number of benzene rings is 1. The molecule has 106 valence electrons. The van der Waals surface area contributed by atoms with Gasteiger partial charge < -0.3 is 10.1 Å². The Bertz CT molecular complexity index is 567. The van der Waals surface area contributed by atoms with Crippen molar-refractivity contribution in [1.29, 1.82) is 0 Å². The van der Waals surface area contributed by atoms with Gasteiger partial charge in [-0.25, -0.2) is 12.7 Å². The first-order chi connectivity index (χ1) is 8.82. The highest BCUT2D eigenvalue weighted by Gasteiger charge is 2.19. The van der Waals surface area contributed by atoms with Gasteiger partial charge in [0.1, 0.15) is 5.75 Å². The molecule has 0 unspecified atom stereocenters. The molecule has 0 spiro atoms. The molecule has 7 heteroatoms. The van der Waals surface area contributed by atoms with E-state index in [1.807, 2.05) is 0 Å². The second kappa shape index (κ2) is 6.03. The topological polar surface area (TPSA) is 75.7 Å². The van der Waals surface area contributed by atoms with Crippen LogP contribution in [0.25, 0.3) is 0 Å². The number of nitrogens with one attached hydrogen (secondary N) is 1. The van der Waals surface area contributed by atoms with Crippen molar-refractivity contribution in [3.05, 3.63) is 18.2 Å². The standard InChI is InChI=1S/C12H18N2O4S/c1-5-12(15)13-10-8-9(6-7-11(10)18-4)19(16,17)14(2)3/h6-8H,5H2,1-4H3,(H,13,15). The number of anilines is 1. The smallest absolute Gasteiger partial charge is 0.242 e. The highest BCUT2D eigenvalue weighted by Crippen LogP contribution is 2.28. The molecule has 0 fully saturated rings. The summed E-state index contributed by atoms with van der Waals surface area (Å²) in [7, 11) is 0.812. The maximum absolute atomic E-state index is 12.0. The van der Waals surface area contributed by atoms with Crippen LogP contribution in [0.5, 0.6) is 5.75 Å². The van der Waals surface area contributed by atoms with Crippen LogP contribution < -0.4 is 10.1 Å². The number of methoxy groups -OCH3 is 1.